The molecule has 3 aromatic heterocycles. The number of rotatable bonds is 0. The second-order valence-corrected chi connectivity index (χ2v) is 3.44. The zero-order valence-electron chi connectivity index (χ0n) is 7.86. The summed E-state index contributed by atoms with van der Waals surface area (Å²) >= 11 is 0. The third-order valence-corrected chi connectivity index (χ3v) is 2.38. The van der Waals surface area contributed by atoms with Crippen LogP contribution in [0.3, 0.4) is 0 Å². The maximum absolute atomic E-state index is 5.69. The molecule has 15 heavy (non-hydrogen) atoms. The van der Waals surface area contributed by atoms with Gasteiger partial charge in [-0.1, -0.05) is 0 Å². The summed E-state index contributed by atoms with van der Waals surface area (Å²) in [5.41, 5.74) is 13.7. The van der Waals surface area contributed by atoms with E-state index in [1.54, 1.807) is 12.4 Å². The van der Waals surface area contributed by atoms with Crippen molar-refractivity contribution in [3.05, 3.63) is 24.5 Å². The Balaban J connectivity index is 2.55. The Morgan fingerprint density at radius 3 is 2.73 bits per heavy atom. The fourth-order valence-corrected chi connectivity index (χ4v) is 1.71. The Labute approximate surface area is 85.1 Å². The Morgan fingerprint density at radius 1 is 1.00 bits per heavy atom. The molecule has 0 spiro atoms. The van der Waals surface area contributed by atoms with Crippen LogP contribution in [0.1, 0.15) is 0 Å². The quantitative estimate of drug-likeness (QED) is 0.508. The van der Waals surface area contributed by atoms with Gasteiger partial charge in [0.1, 0.15) is 11.5 Å². The predicted octanol–water partition coefficient (Wildman–Crippen LogP) is 1.28. The van der Waals surface area contributed by atoms with Crippen molar-refractivity contribution in [1.29, 1.82) is 0 Å². The van der Waals surface area contributed by atoms with E-state index >= 15 is 0 Å². The summed E-state index contributed by atoms with van der Waals surface area (Å²) in [5.74, 6) is 0.492. The fraction of sp³-hybridized carbons (Fsp3) is 0. The molecule has 0 radical (unpaired) electrons. The zero-order valence-corrected chi connectivity index (χ0v) is 7.86. The summed E-state index contributed by atoms with van der Waals surface area (Å²) in [6.07, 6.45) is 3.32. The molecule has 5 heteroatoms. The molecule has 0 saturated heterocycles. The first kappa shape index (κ1) is 8.05. The summed E-state index contributed by atoms with van der Waals surface area (Å²) in [7, 11) is 0. The van der Waals surface area contributed by atoms with Gasteiger partial charge in [0.15, 0.2) is 0 Å². The fourth-order valence-electron chi connectivity index (χ4n) is 1.71. The molecule has 0 amide bonds. The largest absolute Gasteiger partial charge is 0.397 e. The normalized spacial score (nSPS) is 11.2. The van der Waals surface area contributed by atoms with E-state index in [-0.39, 0.29) is 0 Å². The average Bonchev–Trinajstić information content (AvgIpc) is 2.56. The van der Waals surface area contributed by atoms with Crippen LogP contribution in [0.2, 0.25) is 0 Å². The number of hydrogen-bond donors (Lipinski definition) is 3. The highest BCUT2D eigenvalue weighted by Gasteiger charge is 2.05. The summed E-state index contributed by atoms with van der Waals surface area (Å²) in [6, 6.07) is 3.69. The van der Waals surface area contributed by atoms with Crippen LogP contribution in [0.25, 0.3) is 21.9 Å². The van der Waals surface area contributed by atoms with Gasteiger partial charge in [0.2, 0.25) is 0 Å². The molecule has 0 aliphatic heterocycles. The van der Waals surface area contributed by atoms with Crippen molar-refractivity contribution < 1.29 is 0 Å². The SMILES string of the molecule is Nc1cnc2[nH]c3cnc(N)cc3c2c1. The lowest BCUT2D eigenvalue weighted by Gasteiger charge is -1.93. The van der Waals surface area contributed by atoms with Crippen molar-refractivity contribution in [2.24, 2.45) is 0 Å². The van der Waals surface area contributed by atoms with E-state index in [4.69, 9.17) is 11.5 Å². The number of nitrogens with zero attached hydrogens (tertiary/aromatic N) is 2. The molecule has 3 rings (SSSR count). The molecule has 5 N–H and O–H groups in total. The number of aromatic amines is 1. The number of nitrogens with two attached hydrogens (primary N) is 2. The number of fused-ring (bicyclic) bond motifs is 3. The summed E-state index contributed by atoms with van der Waals surface area (Å²) in [6.45, 7) is 0. The molecule has 0 atom stereocenters. The van der Waals surface area contributed by atoms with Gasteiger partial charge in [0.05, 0.1) is 23.6 Å². The first-order valence-electron chi connectivity index (χ1n) is 4.52. The van der Waals surface area contributed by atoms with Crippen molar-refractivity contribution >= 4 is 33.4 Å². The third-order valence-electron chi connectivity index (χ3n) is 2.38. The third kappa shape index (κ3) is 1.10. The molecule has 0 aromatic carbocycles. The van der Waals surface area contributed by atoms with Gasteiger partial charge in [-0.2, -0.15) is 0 Å². The number of nitrogen functional groups attached to an aromatic ring is 2. The van der Waals surface area contributed by atoms with Crippen LogP contribution >= 0.6 is 0 Å². The number of hydrogen-bond acceptors (Lipinski definition) is 4. The molecule has 0 saturated carbocycles. The van der Waals surface area contributed by atoms with E-state index in [0.29, 0.717) is 11.5 Å². The maximum Gasteiger partial charge on any atom is 0.138 e. The Hall–Kier alpha value is -2.30. The highest BCUT2D eigenvalue weighted by Crippen LogP contribution is 2.25. The maximum atomic E-state index is 5.69. The van der Waals surface area contributed by atoms with E-state index in [0.717, 1.165) is 21.9 Å². The average molecular weight is 199 g/mol. The van der Waals surface area contributed by atoms with E-state index < -0.39 is 0 Å². The first-order chi connectivity index (χ1) is 7.24. The van der Waals surface area contributed by atoms with Crippen LogP contribution < -0.4 is 11.5 Å². The molecule has 74 valence electrons. The van der Waals surface area contributed by atoms with Crippen molar-refractivity contribution in [2.45, 2.75) is 0 Å². The van der Waals surface area contributed by atoms with Crippen LogP contribution in [0.4, 0.5) is 11.5 Å². The monoisotopic (exact) mass is 199 g/mol. The predicted molar refractivity (Wildman–Crippen MR) is 60.2 cm³/mol. The van der Waals surface area contributed by atoms with Crippen molar-refractivity contribution in [1.82, 2.24) is 15.0 Å². The van der Waals surface area contributed by atoms with Gasteiger partial charge in [0, 0.05) is 10.8 Å². The second-order valence-electron chi connectivity index (χ2n) is 3.44. The van der Waals surface area contributed by atoms with Gasteiger partial charge < -0.3 is 16.5 Å². The summed E-state index contributed by atoms with van der Waals surface area (Å²) in [4.78, 5) is 11.4. The van der Waals surface area contributed by atoms with Gasteiger partial charge in [-0.05, 0) is 12.1 Å². The molecule has 0 fully saturated rings. The Kier molecular flexibility index (Phi) is 1.39. The number of aromatic nitrogens is 3. The standard InChI is InChI=1S/C10H9N5/c11-5-1-7-6-2-9(12)13-4-8(6)15-10(7)14-3-5/h1-4H,11H2,(H2,12,13)(H,14,15). The molecule has 0 aliphatic carbocycles. The van der Waals surface area contributed by atoms with E-state index in [1.807, 2.05) is 12.1 Å². The van der Waals surface area contributed by atoms with Crippen molar-refractivity contribution in [3.63, 3.8) is 0 Å². The smallest absolute Gasteiger partial charge is 0.138 e. The minimum atomic E-state index is 0.492. The van der Waals surface area contributed by atoms with Crippen LogP contribution in [0.15, 0.2) is 24.5 Å². The second kappa shape index (κ2) is 2.60. The van der Waals surface area contributed by atoms with Gasteiger partial charge in [-0.25, -0.2) is 9.97 Å². The number of anilines is 2. The minimum Gasteiger partial charge on any atom is -0.397 e. The zero-order chi connectivity index (χ0) is 10.4. The Bertz CT molecular complexity index is 599. The molecule has 3 heterocycles. The molecule has 0 bridgehead atoms. The highest BCUT2D eigenvalue weighted by atomic mass is 14.9. The van der Waals surface area contributed by atoms with Crippen molar-refractivity contribution in [3.8, 4) is 0 Å². The topological polar surface area (TPSA) is 93.6 Å². The van der Waals surface area contributed by atoms with Gasteiger partial charge in [-0.3, -0.25) is 0 Å². The van der Waals surface area contributed by atoms with Gasteiger partial charge in [-0.15, -0.1) is 0 Å². The molecular weight excluding hydrogens is 190 g/mol. The van der Waals surface area contributed by atoms with Crippen LogP contribution in [-0.2, 0) is 0 Å². The van der Waals surface area contributed by atoms with Crippen molar-refractivity contribution in [2.75, 3.05) is 11.5 Å². The number of pyridine rings is 2. The van der Waals surface area contributed by atoms with E-state index in [2.05, 4.69) is 15.0 Å². The lowest BCUT2D eigenvalue weighted by atomic mass is 10.2. The lowest BCUT2D eigenvalue weighted by Crippen LogP contribution is -1.87. The van der Waals surface area contributed by atoms with Crippen LogP contribution in [0, 0.1) is 0 Å². The lowest BCUT2D eigenvalue weighted by molar-refractivity contribution is 1.32. The molecule has 3 aromatic rings. The van der Waals surface area contributed by atoms with E-state index in [1.165, 1.54) is 0 Å². The van der Waals surface area contributed by atoms with Gasteiger partial charge in [0.25, 0.3) is 0 Å². The Morgan fingerprint density at radius 2 is 1.87 bits per heavy atom. The number of nitrogens with one attached hydrogen (secondary N) is 1. The van der Waals surface area contributed by atoms with Crippen LogP contribution in [0.5, 0.6) is 0 Å². The summed E-state index contributed by atoms with van der Waals surface area (Å²) < 4.78 is 0. The molecule has 5 nitrogen and oxygen atoms in total. The molecule has 0 unspecified atom stereocenters. The molecular formula is C10H9N5. The van der Waals surface area contributed by atoms with Crippen LogP contribution in [-0.4, -0.2) is 15.0 Å². The summed E-state index contributed by atoms with van der Waals surface area (Å²) in [5, 5.41) is 1.97. The minimum absolute atomic E-state index is 0.492. The molecule has 0 aliphatic rings. The van der Waals surface area contributed by atoms with E-state index in [9.17, 15) is 0 Å². The van der Waals surface area contributed by atoms with Gasteiger partial charge >= 0.3 is 0 Å². The first-order valence-corrected chi connectivity index (χ1v) is 4.52. The highest BCUT2D eigenvalue weighted by molar-refractivity contribution is 6.07. The number of H-pyrrole nitrogens is 1.